The first-order valence-electron chi connectivity index (χ1n) is 13.8. The number of allylic oxidation sites excluding steroid dienone is 1. The number of ether oxygens (including phenoxy) is 1. The number of thiazole rings is 1. The maximum atomic E-state index is 13.9. The monoisotopic (exact) mass is 615 g/mol. The van der Waals surface area contributed by atoms with Gasteiger partial charge in [-0.3, -0.25) is 14.2 Å². The summed E-state index contributed by atoms with van der Waals surface area (Å²) in [6.45, 7) is 7.05. The molecule has 0 bridgehead atoms. The fourth-order valence-electron chi connectivity index (χ4n) is 4.96. The number of carboxylic acids is 1. The SMILES string of the molecule is CCN(CC)C(=O)C1=C(C)N=c2s/c(=C/c3ccc(OCc4ccc(C(=O)O)cc4)cc3)c(=O)n2[C@@H]1c1ccc(Cl)cc1. The third-order valence-electron chi connectivity index (χ3n) is 7.27. The molecular formula is C33H30ClN3O5S. The Kier molecular flexibility index (Phi) is 8.94. The number of halogens is 1. The highest BCUT2D eigenvalue weighted by molar-refractivity contribution is 7.07. The predicted molar refractivity (Wildman–Crippen MR) is 167 cm³/mol. The smallest absolute Gasteiger partial charge is 0.335 e. The van der Waals surface area contributed by atoms with Crippen LogP contribution in [-0.2, 0) is 11.4 Å². The Bertz CT molecular complexity index is 1870. The third-order valence-corrected chi connectivity index (χ3v) is 8.51. The summed E-state index contributed by atoms with van der Waals surface area (Å²) in [7, 11) is 0. The van der Waals surface area contributed by atoms with Crippen LogP contribution in [0.5, 0.6) is 5.75 Å². The minimum atomic E-state index is -0.973. The molecule has 5 rings (SSSR count). The Morgan fingerprint density at radius 1 is 1.02 bits per heavy atom. The van der Waals surface area contributed by atoms with Gasteiger partial charge in [-0.25, -0.2) is 9.79 Å². The van der Waals surface area contributed by atoms with Crippen LogP contribution in [0.1, 0.15) is 53.9 Å². The molecule has 1 atom stereocenters. The fourth-order valence-corrected chi connectivity index (χ4v) is 6.13. The maximum absolute atomic E-state index is 13.9. The van der Waals surface area contributed by atoms with Gasteiger partial charge in [-0.05, 0) is 79.9 Å². The van der Waals surface area contributed by atoms with Crippen LogP contribution in [-0.4, -0.2) is 39.5 Å². The normalized spacial score (nSPS) is 14.7. The van der Waals surface area contributed by atoms with Crippen LogP contribution in [0.15, 0.2) is 93.9 Å². The molecule has 0 radical (unpaired) electrons. The van der Waals surface area contributed by atoms with E-state index in [1.807, 2.05) is 63.2 Å². The Morgan fingerprint density at radius 3 is 2.28 bits per heavy atom. The van der Waals surface area contributed by atoms with Crippen molar-refractivity contribution in [2.75, 3.05) is 13.1 Å². The first-order valence-corrected chi connectivity index (χ1v) is 15.0. The quantitative estimate of drug-likeness (QED) is 0.285. The van der Waals surface area contributed by atoms with Gasteiger partial charge in [0.25, 0.3) is 11.5 Å². The minimum absolute atomic E-state index is 0.145. The molecule has 1 amide bonds. The van der Waals surface area contributed by atoms with Gasteiger partial charge in [-0.2, -0.15) is 0 Å². The highest BCUT2D eigenvalue weighted by Crippen LogP contribution is 2.31. The summed E-state index contributed by atoms with van der Waals surface area (Å²) in [5, 5.41) is 9.62. The van der Waals surface area contributed by atoms with Crippen LogP contribution in [0.3, 0.4) is 0 Å². The van der Waals surface area contributed by atoms with Gasteiger partial charge in [0.15, 0.2) is 4.80 Å². The van der Waals surface area contributed by atoms with Crippen LogP contribution in [0.2, 0.25) is 5.02 Å². The summed E-state index contributed by atoms with van der Waals surface area (Å²) in [5.41, 5.74) is 3.49. The molecule has 0 aliphatic carbocycles. The van der Waals surface area contributed by atoms with E-state index in [1.54, 1.807) is 45.9 Å². The fraction of sp³-hybridized carbons (Fsp3) is 0.212. The molecule has 1 aliphatic heterocycles. The predicted octanol–water partition coefficient (Wildman–Crippen LogP) is 5.03. The van der Waals surface area contributed by atoms with Crippen LogP contribution < -0.4 is 19.6 Å². The number of hydrogen-bond donors (Lipinski definition) is 1. The highest BCUT2D eigenvalue weighted by atomic mass is 35.5. The zero-order valence-corrected chi connectivity index (χ0v) is 25.5. The lowest BCUT2D eigenvalue weighted by molar-refractivity contribution is -0.127. The zero-order valence-electron chi connectivity index (χ0n) is 23.9. The molecule has 10 heteroatoms. The standard InChI is InChI=1S/C33H30ClN3O5S/c1-4-36(5-2)31(39)28-20(3)35-33-37(29(28)23-12-14-25(34)15-13-23)30(38)27(43-33)18-21-8-16-26(17-9-21)42-19-22-6-10-24(11-7-22)32(40)41/h6-18,29H,4-5,19H2,1-3H3,(H,40,41)/b27-18+/t29-/m1/s1. The van der Waals surface area contributed by atoms with Gasteiger partial charge in [-0.1, -0.05) is 59.3 Å². The van der Waals surface area contributed by atoms with Crippen LogP contribution in [0.25, 0.3) is 6.08 Å². The van der Waals surface area contributed by atoms with Crippen molar-refractivity contribution in [3.05, 3.63) is 131 Å². The number of rotatable bonds is 9. The summed E-state index contributed by atoms with van der Waals surface area (Å²) in [5.74, 6) is -0.479. The average molecular weight is 616 g/mol. The number of carbonyl (C=O) groups excluding carboxylic acids is 1. The average Bonchev–Trinajstić information content (AvgIpc) is 3.31. The van der Waals surface area contributed by atoms with Gasteiger partial charge >= 0.3 is 5.97 Å². The molecule has 43 heavy (non-hydrogen) atoms. The molecule has 220 valence electrons. The first-order chi connectivity index (χ1) is 20.7. The van der Waals surface area contributed by atoms with Gasteiger partial charge in [0, 0.05) is 18.1 Å². The zero-order chi connectivity index (χ0) is 30.7. The van der Waals surface area contributed by atoms with E-state index in [2.05, 4.69) is 0 Å². The van der Waals surface area contributed by atoms with Crippen molar-refractivity contribution in [3.63, 3.8) is 0 Å². The number of nitrogens with zero attached hydrogens (tertiary/aromatic N) is 3. The highest BCUT2D eigenvalue weighted by Gasteiger charge is 2.34. The lowest BCUT2D eigenvalue weighted by Gasteiger charge is -2.29. The number of carboxylic acid groups (broad SMARTS) is 1. The third kappa shape index (κ3) is 6.33. The molecule has 3 aromatic carbocycles. The van der Waals surface area contributed by atoms with E-state index in [0.29, 0.717) is 44.5 Å². The van der Waals surface area contributed by atoms with E-state index < -0.39 is 12.0 Å². The lowest BCUT2D eigenvalue weighted by Crippen LogP contribution is -2.43. The molecule has 8 nitrogen and oxygen atoms in total. The van der Waals surface area contributed by atoms with Crippen molar-refractivity contribution in [1.82, 2.24) is 9.47 Å². The van der Waals surface area contributed by atoms with E-state index in [4.69, 9.17) is 26.4 Å². The van der Waals surface area contributed by atoms with E-state index >= 15 is 0 Å². The topological polar surface area (TPSA) is 101 Å². The van der Waals surface area contributed by atoms with Crippen LogP contribution in [0, 0.1) is 0 Å². The van der Waals surface area contributed by atoms with Crippen molar-refractivity contribution < 1.29 is 19.4 Å². The molecule has 0 saturated heterocycles. The molecule has 0 unspecified atom stereocenters. The number of benzene rings is 3. The molecule has 1 aliphatic rings. The van der Waals surface area contributed by atoms with E-state index in [-0.39, 0.29) is 23.6 Å². The minimum Gasteiger partial charge on any atom is -0.489 e. The number of aromatic carboxylic acids is 1. The number of carbonyl (C=O) groups is 2. The molecule has 1 aromatic heterocycles. The number of hydrogen-bond acceptors (Lipinski definition) is 6. The summed E-state index contributed by atoms with van der Waals surface area (Å²) in [6.07, 6.45) is 1.81. The largest absolute Gasteiger partial charge is 0.489 e. The van der Waals surface area contributed by atoms with Crippen LogP contribution >= 0.6 is 22.9 Å². The number of fused-ring (bicyclic) bond motifs is 1. The summed E-state index contributed by atoms with van der Waals surface area (Å²) >= 11 is 7.45. The lowest BCUT2D eigenvalue weighted by atomic mass is 9.94. The number of amides is 1. The molecule has 0 spiro atoms. The second-order valence-corrected chi connectivity index (χ2v) is 11.4. The summed E-state index contributed by atoms with van der Waals surface area (Å²) in [6, 6.07) is 20.5. The van der Waals surface area contributed by atoms with E-state index in [0.717, 1.165) is 16.7 Å². The number of aromatic nitrogens is 1. The Balaban J connectivity index is 1.46. The van der Waals surface area contributed by atoms with Crippen molar-refractivity contribution >= 4 is 40.9 Å². The summed E-state index contributed by atoms with van der Waals surface area (Å²) < 4.78 is 7.95. The number of likely N-dealkylation sites (N-methyl/N-ethyl adjacent to an activating group) is 1. The van der Waals surface area contributed by atoms with Gasteiger partial charge in [0.2, 0.25) is 0 Å². The van der Waals surface area contributed by atoms with Gasteiger partial charge in [-0.15, -0.1) is 0 Å². The maximum Gasteiger partial charge on any atom is 0.335 e. The second kappa shape index (κ2) is 12.8. The van der Waals surface area contributed by atoms with Gasteiger partial charge in [0.05, 0.1) is 27.4 Å². The Labute approximate surface area is 257 Å². The molecule has 4 aromatic rings. The van der Waals surface area contributed by atoms with Gasteiger partial charge in [0.1, 0.15) is 12.4 Å². The van der Waals surface area contributed by atoms with Gasteiger partial charge < -0.3 is 14.7 Å². The van der Waals surface area contributed by atoms with Crippen LogP contribution in [0.4, 0.5) is 0 Å². The van der Waals surface area contributed by atoms with E-state index in [9.17, 15) is 14.4 Å². The molecule has 2 heterocycles. The van der Waals surface area contributed by atoms with Crippen molar-refractivity contribution in [3.8, 4) is 5.75 Å². The van der Waals surface area contributed by atoms with E-state index in [1.165, 1.54) is 11.3 Å². The first kappa shape index (κ1) is 30.0. The molecule has 0 fully saturated rings. The molecule has 1 N–H and O–H groups in total. The second-order valence-electron chi connectivity index (χ2n) is 9.97. The van der Waals surface area contributed by atoms with Crippen molar-refractivity contribution in [2.24, 2.45) is 4.99 Å². The van der Waals surface area contributed by atoms with Crippen molar-refractivity contribution in [2.45, 2.75) is 33.4 Å². The molecular weight excluding hydrogens is 586 g/mol. The molecule has 0 saturated carbocycles. The Morgan fingerprint density at radius 2 is 1.67 bits per heavy atom. The Hall–Kier alpha value is -4.47. The summed E-state index contributed by atoms with van der Waals surface area (Å²) in [4.78, 5) is 45.6. The van der Waals surface area contributed by atoms with Crippen molar-refractivity contribution in [1.29, 1.82) is 0 Å².